The number of hydrogen-bond acceptors (Lipinski definition) is 5. The van der Waals surface area contributed by atoms with Crippen LogP contribution >= 0.6 is 12.4 Å². The van der Waals surface area contributed by atoms with Crippen LogP contribution in [0.3, 0.4) is 0 Å². The van der Waals surface area contributed by atoms with Gasteiger partial charge in [0.1, 0.15) is 11.5 Å². The average Bonchev–Trinajstić information content (AvgIpc) is 2.61. The third-order valence-electron chi connectivity index (χ3n) is 3.74. The summed E-state index contributed by atoms with van der Waals surface area (Å²) < 4.78 is 0. The van der Waals surface area contributed by atoms with Gasteiger partial charge in [0, 0.05) is 19.7 Å². The number of phenolic OH excluding ortho intramolecular Hbond substituents is 2. The lowest BCUT2D eigenvalue weighted by molar-refractivity contribution is 0.170. The second-order valence-corrected chi connectivity index (χ2v) is 5.62. The summed E-state index contributed by atoms with van der Waals surface area (Å²) in [6.07, 6.45) is 1.29. The Balaban J connectivity index is 0.00000185. The van der Waals surface area contributed by atoms with Gasteiger partial charge in [0.05, 0.1) is 6.10 Å². The van der Waals surface area contributed by atoms with Gasteiger partial charge in [-0.3, -0.25) is 0 Å². The molecule has 0 spiro atoms. The lowest BCUT2D eigenvalue weighted by Crippen LogP contribution is -2.30. The topological polar surface area (TPSA) is 93.0 Å². The van der Waals surface area contributed by atoms with Crippen LogP contribution in [0.25, 0.3) is 0 Å². The molecular weight excluding hydrogens is 342 g/mol. The SMILES string of the molecule is CC(CCc1ccc(O)cc1)NCC(O)c1ccc(O)cc1.CO.Cl. The monoisotopic (exact) mass is 369 g/mol. The van der Waals surface area contributed by atoms with Crippen LogP contribution in [0.2, 0.25) is 0 Å². The van der Waals surface area contributed by atoms with E-state index in [1.54, 1.807) is 36.4 Å². The van der Waals surface area contributed by atoms with Crippen molar-refractivity contribution < 1.29 is 20.4 Å². The van der Waals surface area contributed by atoms with E-state index >= 15 is 0 Å². The summed E-state index contributed by atoms with van der Waals surface area (Å²) in [5, 5.41) is 38.9. The maximum absolute atomic E-state index is 10.1. The van der Waals surface area contributed by atoms with Crippen molar-refractivity contribution in [2.75, 3.05) is 13.7 Å². The summed E-state index contributed by atoms with van der Waals surface area (Å²) in [6, 6.07) is 14.1. The molecule has 0 aliphatic carbocycles. The van der Waals surface area contributed by atoms with Gasteiger partial charge in [-0.1, -0.05) is 24.3 Å². The molecule has 140 valence electrons. The highest BCUT2D eigenvalue weighted by Gasteiger charge is 2.09. The predicted molar refractivity (Wildman–Crippen MR) is 102 cm³/mol. The number of hydrogen-bond donors (Lipinski definition) is 5. The molecule has 5 nitrogen and oxygen atoms in total. The number of benzene rings is 2. The summed E-state index contributed by atoms with van der Waals surface area (Å²) in [5.41, 5.74) is 1.97. The van der Waals surface area contributed by atoms with Crippen molar-refractivity contribution >= 4 is 12.4 Å². The first-order chi connectivity index (χ1) is 11.5. The number of phenols is 2. The van der Waals surface area contributed by atoms with E-state index < -0.39 is 6.10 Å². The molecule has 0 bridgehead atoms. The Labute approximate surface area is 155 Å². The fourth-order valence-electron chi connectivity index (χ4n) is 2.27. The second kappa shape index (κ2) is 12.6. The summed E-state index contributed by atoms with van der Waals surface area (Å²) in [6.45, 7) is 2.56. The van der Waals surface area contributed by atoms with Crippen LogP contribution in [0.15, 0.2) is 48.5 Å². The van der Waals surface area contributed by atoms with Crippen molar-refractivity contribution in [3.05, 3.63) is 59.7 Å². The van der Waals surface area contributed by atoms with Crippen molar-refractivity contribution in [3.63, 3.8) is 0 Å². The Morgan fingerprint density at radius 3 is 1.88 bits per heavy atom. The molecule has 5 N–H and O–H groups in total. The Hall–Kier alpha value is -1.79. The maximum Gasteiger partial charge on any atom is 0.115 e. The Morgan fingerprint density at radius 1 is 0.880 bits per heavy atom. The first-order valence-corrected chi connectivity index (χ1v) is 7.97. The smallest absolute Gasteiger partial charge is 0.115 e. The molecule has 2 aromatic carbocycles. The fraction of sp³-hybridized carbons (Fsp3) is 0.368. The third kappa shape index (κ3) is 8.74. The second-order valence-electron chi connectivity index (χ2n) is 5.62. The van der Waals surface area contributed by atoms with Crippen molar-refractivity contribution in [2.45, 2.75) is 31.9 Å². The number of rotatable bonds is 7. The molecule has 2 aromatic rings. The molecule has 0 amide bonds. The van der Waals surface area contributed by atoms with Gasteiger partial charge in [0.25, 0.3) is 0 Å². The molecule has 0 aliphatic heterocycles. The third-order valence-corrected chi connectivity index (χ3v) is 3.74. The lowest BCUT2D eigenvalue weighted by atomic mass is 10.1. The first kappa shape index (κ1) is 23.2. The van der Waals surface area contributed by atoms with Crippen LogP contribution in [-0.4, -0.2) is 40.1 Å². The zero-order chi connectivity index (χ0) is 17.9. The molecule has 0 saturated carbocycles. The molecule has 0 radical (unpaired) electrons. The van der Waals surface area contributed by atoms with Gasteiger partial charge in [-0.15, -0.1) is 12.4 Å². The van der Waals surface area contributed by atoms with Gasteiger partial charge in [-0.05, 0) is 55.2 Å². The maximum atomic E-state index is 10.1. The zero-order valence-electron chi connectivity index (χ0n) is 14.6. The lowest BCUT2D eigenvalue weighted by Gasteiger charge is -2.17. The van der Waals surface area contributed by atoms with E-state index in [2.05, 4.69) is 12.2 Å². The van der Waals surface area contributed by atoms with Gasteiger partial charge >= 0.3 is 0 Å². The van der Waals surface area contributed by atoms with Crippen LogP contribution in [0, 0.1) is 0 Å². The van der Waals surface area contributed by atoms with Crippen molar-refractivity contribution in [1.29, 1.82) is 0 Å². The molecule has 25 heavy (non-hydrogen) atoms. The van der Waals surface area contributed by atoms with Crippen molar-refractivity contribution in [1.82, 2.24) is 5.32 Å². The van der Waals surface area contributed by atoms with Crippen LogP contribution in [0.1, 0.15) is 30.6 Å². The minimum atomic E-state index is -0.586. The molecule has 0 heterocycles. The highest BCUT2D eigenvalue weighted by atomic mass is 35.5. The number of nitrogens with one attached hydrogen (secondary N) is 1. The van der Waals surface area contributed by atoms with Gasteiger partial charge < -0.3 is 25.7 Å². The number of aliphatic hydroxyl groups excluding tert-OH is 2. The van der Waals surface area contributed by atoms with Crippen molar-refractivity contribution in [2.24, 2.45) is 0 Å². The highest BCUT2D eigenvalue weighted by Crippen LogP contribution is 2.16. The van der Waals surface area contributed by atoms with E-state index in [0.717, 1.165) is 25.5 Å². The number of aryl methyl sites for hydroxylation is 1. The van der Waals surface area contributed by atoms with Crippen molar-refractivity contribution in [3.8, 4) is 11.5 Å². The Kier molecular flexibility index (Phi) is 11.7. The van der Waals surface area contributed by atoms with Gasteiger partial charge in [-0.2, -0.15) is 0 Å². The summed E-state index contributed by atoms with van der Waals surface area (Å²) in [4.78, 5) is 0. The summed E-state index contributed by atoms with van der Waals surface area (Å²) in [5.74, 6) is 0.484. The van der Waals surface area contributed by atoms with E-state index in [4.69, 9.17) is 5.11 Å². The molecule has 2 atom stereocenters. The molecule has 0 aromatic heterocycles. The minimum Gasteiger partial charge on any atom is -0.508 e. The van der Waals surface area contributed by atoms with E-state index in [0.29, 0.717) is 6.54 Å². The Morgan fingerprint density at radius 2 is 1.36 bits per heavy atom. The number of halogens is 1. The Bertz CT molecular complexity index is 575. The normalized spacial score (nSPS) is 12.3. The van der Waals surface area contributed by atoms with E-state index in [1.807, 2.05) is 12.1 Å². The number of aliphatic hydroxyl groups is 2. The highest BCUT2D eigenvalue weighted by molar-refractivity contribution is 5.85. The van der Waals surface area contributed by atoms with E-state index in [1.165, 1.54) is 5.56 Å². The molecule has 0 saturated heterocycles. The van der Waals surface area contributed by atoms with E-state index in [-0.39, 0.29) is 29.9 Å². The summed E-state index contributed by atoms with van der Waals surface area (Å²) in [7, 11) is 1.00. The molecule has 2 rings (SSSR count). The molecular formula is C19H28ClNO4. The summed E-state index contributed by atoms with van der Waals surface area (Å²) >= 11 is 0. The van der Waals surface area contributed by atoms with Crippen LogP contribution < -0.4 is 5.32 Å². The fourth-order valence-corrected chi connectivity index (χ4v) is 2.27. The van der Waals surface area contributed by atoms with Crippen LogP contribution in [0.4, 0.5) is 0 Å². The molecule has 2 unspecified atom stereocenters. The van der Waals surface area contributed by atoms with Gasteiger partial charge in [-0.25, -0.2) is 0 Å². The van der Waals surface area contributed by atoms with E-state index in [9.17, 15) is 15.3 Å². The zero-order valence-corrected chi connectivity index (χ0v) is 15.4. The largest absolute Gasteiger partial charge is 0.508 e. The molecule has 6 heteroatoms. The average molecular weight is 370 g/mol. The van der Waals surface area contributed by atoms with Gasteiger partial charge in [0.15, 0.2) is 0 Å². The van der Waals surface area contributed by atoms with Gasteiger partial charge in [0.2, 0.25) is 0 Å². The quantitative estimate of drug-likeness (QED) is 0.517. The molecule has 0 fully saturated rings. The standard InChI is InChI=1S/C18H23NO3.CH4O.ClH/c1-13(2-3-14-4-8-16(20)9-5-14)19-12-18(22)15-6-10-17(21)11-7-15;1-2;/h4-11,13,18-22H,2-3,12H2,1H3;2H,1H3;1H. The minimum absolute atomic E-state index is 0. The van der Waals surface area contributed by atoms with Crippen LogP contribution in [-0.2, 0) is 6.42 Å². The van der Waals surface area contributed by atoms with Crippen LogP contribution in [0.5, 0.6) is 11.5 Å². The molecule has 0 aliphatic rings. The predicted octanol–water partition coefficient (Wildman–Crippen LogP) is 2.77. The first-order valence-electron chi connectivity index (χ1n) is 7.97. The number of aromatic hydroxyl groups is 2.